The molecule has 4 rings (SSSR count). The summed E-state index contributed by atoms with van der Waals surface area (Å²) in [4.78, 5) is 20.9. The van der Waals surface area contributed by atoms with E-state index in [1.807, 2.05) is 48.5 Å². The molecule has 0 aliphatic heterocycles. The van der Waals surface area contributed by atoms with E-state index in [-0.39, 0.29) is 0 Å². The molecule has 0 N–H and O–H groups in total. The second kappa shape index (κ2) is 6.20. The number of esters is 1. The number of oxazole rings is 1. The largest absolute Gasteiger partial charge is 0.465 e. The Balaban J connectivity index is 1.95. The van der Waals surface area contributed by atoms with Crippen molar-refractivity contribution in [2.45, 2.75) is 0 Å². The van der Waals surface area contributed by atoms with Gasteiger partial charge in [0.25, 0.3) is 0 Å². The zero-order valence-corrected chi connectivity index (χ0v) is 13.5. The number of ether oxygens (including phenoxy) is 1. The highest BCUT2D eigenvalue weighted by Gasteiger charge is 2.17. The van der Waals surface area contributed by atoms with Crippen molar-refractivity contribution in [1.29, 1.82) is 0 Å². The predicted molar refractivity (Wildman–Crippen MR) is 94.0 cm³/mol. The molecular formula is C20H14N2O3. The lowest BCUT2D eigenvalue weighted by Crippen LogP contribution is -2.02. The monoisotopic (exact) mass is 330 g/mol. The van der Waals surface area contributed by atoms with Crippen molar-refractivity contribution in [2.24, 2.45) is 0 Å². The van der Waals surface area contributed by atoms with Gasteiger partial charge >= 0.3 is 5.97 Å². The van der Waals surface area contributed by atoms with Crippen LogP contribution in [-0.2, 0) is 4.74 Å². The van der Waals surface area contributed by atoms with Gasteiger partial charge in [-0.1, -0.05) is 24.3 Å². The number of aromatic nitrogens is 2. The van der Waals surface area contributed by atoms with Crippen LogP contribution in [0.15, 0.2) is 71.3 Å². The van der Waals surface area contributed by atoms with Crippen LogP contribution in [0.25, 0.3) is 33.8 Å². The Morgan fingerprint density at radius 2 is 1.84 bits per heavy atom. The summed E-state index contributed by atoms with van der Waals surface area (Å²) in [7, 11) is 1.36. The number of hydrogen-bond donors (Lipinski definition) is 0. The quantitative estimate of drug-likeness (QED) is 0.523. The molecule has 2 heterocycles. The molecule has 5 heteroatoms. The van der Waals surface area contributed by atoms with Crippen molar-refractivity contribution >= 4 is 17.1 Å². The van der Waals surface area contributed by atoms with E-state index < -0.39 is 5.97 Å². The third-order valence-corrected chi connectivity index (χ3v) is 3.91. The number of carbonyl (C=O) groups is 1. The second-order valence-corrected chi connectivity index (χ2v) is 5.45. The molecule has 0 bridgehead atoms. The Hall–Kier alpha value is -3.47. The molecule has 2 aromatic carbocycles. The zero-order chi connectivity index (χ0) is 17.2. The van der Waals surface area contributed by atoms with Gasteiger partial charge in [-0.15, -0.1) is 0 Å². The Bertz CT molecular complexity index is 1020. The maximum absolute atomic E-state index is 11.9. The molecule has 0 radical (unpaired) electrons. The van der Waals surface area contributed by atoms with Crippen LogP contribution >= 0.6 is 0 Å². The first-order chi connectivity index (χ1) is 12.3. The summed E-state index contributed by atoms with van der Waals surface area (Å²) < 4.78 is 10.7. The number of para-hydroxylation sites is 2. The third kappa shape index (κ3) is 2.76. The number of methoxy groups -OCH3 is 1. The topological polar surface area (TPSA) is 65.2 Å². The SMILES string of the molecule is COC(=O)c1ccc(-c2ccccn2)c(-c2nc3ccccc3o2)c1. The summed E-state index contributed by atoms with van der Waals surface area (Å²) in [5.74, 6) is 0.0255. The molecule has 0 saturated heterocycles. The fourth-order valence-electron chi connectivity index (χ4n) is 2.70. The van der Waals surface area contributed by atoms with E-state index in [1.165, 1.54) is 7.11 Å². The second-order valence-electron chi connectivity index (χ2n) is 5.45. The van der Waals surface area contributed by atoms with E-state index in [4.69, 9.17) is 9.15 Å². The number of fused-ring (bicyclic) bond motifs is 1. The maximum Gasteiger partial charge on any atom is 0.337 e. The molecule has 0 aliphatic rings. The molecule has 0 unspecified atom stereocenters. The fraction of sp³-hybridized carbons (Fsp3) is 0.0500. The Labute approximate surface area is 143 Å². The van der Waals surface area contributed by atoms with Crippen LogP contribution in [0.4, 0.5) is 0 Å². The van der Waals surface area contributed by atoms with Crippen molar-refractivity contribution in [1.82, 2.24) is 9.97 Å². The van der Waals surface area contributed by atoms with Crippen molar-refractivity contribution in [2.75, 3.05) is 7.11 Å². The smallest absolute Gasteiger partial charge is 0.337 e. The standard InChI is InChI=1S/C20H14N2O3/c1-24-20(23)13-9-10-14(16-6-4-5-11-21-16)15(12-13)19-22-17-7-2-3-8-18(17)25-19/h2-12H,1H3. The fourth-order valence-corrected chi connectivity index (χ4v) is 2.70. The first-order valence-corrected chi connectivity index (χ1v) is 7.76. The lowest BCUT2D eigenvalue weighted by molar-refractivity contribution is 0.0601. The van der Waals surface area contributed by atoms with Gasteiger partial charge in [0, 0.05) is 17.3 Å². The van der Waals surface area contributed by atoms with Crippen LogP contribution in [0.5, 0.6) is 0 Å². The highest BCUT2D eigenvalue weighted by molar-refractivity contribution is 5.93. The molecule has 2 aromatic heterocycles. The van der Waals surface area contributed by atoms with E-state index in [0.717, 1.165) is 16.8 Å². The number of pyridine rings is 1. The number of nitrogens with zero attached hydrogens (tertiary/aromatic N) is 2. The van der Waals surface area contributed by atoms with E-state index in [9.17, 15) is 4.79 Å². The van der Waals surface area contributed by atoms with Gasteiger partial charge in [-0.2, -0.15) is 0 Å². The van der Waals surface area contributed by atoms with Crippen molar-refractivity contribution in [3.63, 3.8) is 0 Å². The van der Waals surface area contributed by atoms with Crippen LogP contribution in [-0.4, -0.2) is 23.0 Å². The third-order valence-electron chi connectivity index (χ3n) is 3.91. The summed E-state index contributed by atoms with van der Waals surface area (Å²) in [6.07, 6.45) is 1.72. The first kappa shape index (κ1) is 15.1. The first-order valence-electron chi connectivity index (χ1n) is 7.76. The van der Waals surface area contributed by atoms with Gasteiger partial charge in [0.2, 0.25) is 5.89 Å². The maximum atomic E-state index is 11.9. The molecule has 0 amide bonds. The van der Waals surface area contributed by atoms with Gasteiger partial charge < -0.3 is 9.15 Å². The van der Waals surface area contributed by atoms with Gasteiger partial charge in [-0.05, 0) is 36.4 Å². The summed E-state index contributed by atoms with van der Waals surface area (Å²) in [6.45, 7) is 0. The van der Waals surface area contributed by atoms with Crippen molar-refractivity contribution in [3.05, 3.63) is 72.4 Å². The van der Waals surface area contributed by atoms with Gasteiger partial charge in [-0.3, -0.25) is 4.98 Å². The number of benzene rings is 2. The summed E-state index contributed by atoms with van der Waals surface area (Å²) in [5, 5.41) is 0. The molecule has 0 atom stereocenters. The molecular weight excluding hydrogens is 316 g/mol. The van der Waals surface area contributed by atoms with Gasteiger partial charge in [0.05, 0.1) is 18.4 Å². The van der Waals surface area contributed by atoms with Crippen molar-refractivity contribution in [3.8, 4) is 22.7 Å². The average Bonchev–Trinajstić information content (AvgIpc) is 3.11. The molecule has 0 spiro atoms. The number of carbonyl (C=O) groups excluding carboxylic acids is 1. The highest BCUT2D eigenvalue weighted by Crippen LogP contribution is 2.33. The van der Waals surface area contributed by atoms with E-state index in [1.54, 1.807) is 18.3 Å². The van der Waals surface area contributed by atoms with Crippen LogP contribution in [0, 0.1) is 0 Å². The molecule has 25 heavy (non-hydrogen) atoms. The van der Waals surface area contributed by atoms with Crippen LogP contribution < -0.4 is 0 Å². The van der Waals surface area contributed by atoms with Crippen LogP contribution in [0.2, 0.25) is 0 Å². The summed E-state index contributed by atoms with van der Waals surface area (Å²) in [5.41, 5.74) is 4.18. The Morgan fingerprint density at radius 3 is 2.60 bits per heavy atom. The lowest BCUT2D eigenvalue weighted by atomic mass is 10.0. The number of rotatable bonds is 3. The average molecular weight is 330 g/mol. The zero-order valence-electron chi connectivity index (χ0n) is 13.5. The lowest BCUT2D eigenvalue weighted by Gasteiger charge is -2.08. The minimum absolute atomic E-state index is 0.412. The van der Waals surface area contributed by atoms with Gasteiger partial charge in [0.15, 0.2) is 5.58 Å². The van der Waals surface area contributed by atoms with E-state index in [0.29, 0.717) is 22.6 Å². The highest BCUT2D eigenvalue weighted by atomic mass is 16.5. The molecule has 122 valence electrons. The molecule has 0 fully saturated rings. The molecule has 0 aliphatic carbocycles. The Kier molecular flexibility index (Phi) is 3.74. The van der Waals surface area contributed by atoms with Crippen LogP contribution in [0.1, 0.15) is 10.4 Å². The van der Waals surface area contributed by atoms with Crippen molar-refractivity contribution < 1.29 is 13.9 Å². The van der Waals surface area contributed by atoms with Gasteiger partial charge in [-0.25, -0.2) is 9.78 Å². The van der Waals surface area contributed by atoms with Gasteiger partial charge in [0.1, 0.15) is 5.52 Å². The molecule has 5 nitrogen and oxygen atoms in total. The Morgan fingerprint density at radius 1 is 1.00 bits per heavy atom. The van der Waals surface area contributed by atoms with Crippen LogP contribution in [0.3, 0.4) is 0 Å². The van der Waals surface area contributed by atoms with E-state index >= 15 is 0 Å². The minimum Gasteiger partial charge on any atom is -0.465 e. The normalized spacial score (nSPS) is 10.8. The summed E-state index contributed by atoms with van der Waals surface area (Å²) >= 11 is 0. The predicted octanol–water partition coefficient (Wildman–Crippen LogP) is 4.34. The van der Waals surface area contributed by atoms with E-state index in [2.05, 4.69) is 9.97 Å². The molecule has 0 saturated carbocycles. The summed E-state index contributed by atoms with van der Waals surface area (Å²) in [6, 6.07) is 18.5. The number of hydrogen-bond acceptors (Lipinski definition) is 5. The molecule has 4 aromatic rings. The minimum atomic E-state index is -0.412.